The van der Waals surface area contributed by atoms with E-state index in [1.807, 2.05) is 56.3 Å². The van der Waals surface area contributed by atoms with Crippen LogP contribution in [0.15, 0.2) is 88.1 Å². The van der Waals surface area contributed by atoms with E-state index >= 15 is 0 Å². The molecule has 2 heterocycles. The summed E-state index contributed by atoms with van der Waals surface area (Å²) in [6, 6.07) is 23.0. The standard InChI is InChI=1S/C30H24ClFN2O2/c1-17-15-22(30-23(16-17)28(35)18(2)29(36-30)20-9-5-4-6-10-20)19(3)33-25-13-14-26(31)34-27(25)21-11-7-8-12-24(21)32/h4-16,19,33H,1-3H3/t19-/m1/s1. The highest BCUT2D eigenvalue weighted by Crippen LogP contribution is 2.35. The zero-order valence-electron chi connectivity index (χ0n) is 20.1. The van der Waals surface area contributed by atoms with Crippen LogP contribution in [0.1, 0.15) is 29.7 Å². The minimum atomic E-state index is -0.391. The first-order chi connectivity index (χ1) is 17.3. The van der Waals surface area contributed by atoms with Gasteiger partial charge in [-0.2, -0.15) is 0 Å². The van der Waals surface area contributed by atoms with Gasteiger partial charge in [0.05, 0.1) is 22.8 Å². The summed E-state index contributed by atoms with van der Waals surface area (Å²) in [5, 5.41) is 4.23. The molecule has 5 rings (SSSR count). The van der Waals surface area contributed by atoms with Crippen molar-refractivity contribution in [1.82, 2.24) is 4.98 Å². The van der Waals surface area contributed by atoms with Crippen molar-refractivity contribution in [3.05, 3.63) is 117 Å². The van der Waals surface area contributed by atoms with E-state index < -0.39 is 5.82 Å². The van der Waals surface area contributed by atoms with Gasteiger partial charge in [-0.05, 0) is 56.7 Å². The zero-order valence-corrected chi connectivity index (χ0v) is 20.9. The monoisotopic (exact) mass is 498 g/mol. The second kappa shape index (κ2) is 9.59. The van der Waals surface area contributed by atoms with Gasteiger partial charge in [-0.25, -0.2) is 9.37 Å². The van der Waals surface area contributed by atoms with Crippen molar-refractivity contribution in [2.24, 2.45) is 0 Å². The Bertz CT molecular complexity index is 1650. The van der Waals surface area contributed by atoms with E-state index in [1.165, 1.54) is 6.07 Å². The highest BCUT2D eigenvalue weighted by molar-refractivity contribution is 6.29. The van der Waals surface area contributed by atoms with E-state index in [-0.39, 0.29) is 16.6 Å². The molecule has 3 aromatic carbocycles. The molecule has 0 saturated carbocycles. The summed E-state index contributed by atoms with van der Waals surface area (Å²) in [6.07, 6.45) is 0. The van der Waals surface area contributed by atoms with Crippen LogP contribution in [0.3, 0.4) is 0 Å². The highest BCUT2D eigenvalue weighted by atomic mass is 35.5. The van der Waals surface area contributed by atoms with Gasteiger partial charge in [0.2, 0.25) is 0 Å². The van der Waals surface area contributed by atoms with E-state index in [1.54, 1.807) is 37.3 Å². The zero-order chi connectivity index (χ0) is 25.4. The van der Waals surface area contributed by atoms with Gasteiger partial charge in [0.1, 0.15) is 22.3 Å². The molecule has 0 aliphatic carbocycles. The number of benzene rings is 3. The van der Waals surface area contributed by atoms with Crippen molar-refractivity contribution in [3.63, 3.8) is 0 Å². The predicted octanol–water partition coefficient (Wildman–Crippen LogP) is 8.10. The maximum absolute atomic E-state index is 14.6. The number of hydrogen-bond acceptors (Lipinski definition) is 4. The Kier molecular flexibility index (Phi) is 6.33. The lowest BCUT2D eigenvalue weighted by Gasteiger charge is -2.20. The van der Waals surface area contributed by atoms with Crippen LogP contribution >= 0.6 is 11.6 Å². The summed E-state index contributed by atoms with van der Waals surface area (Å²) < 4.78 is 21.1. The smallest absolute Gasteiger partial charge is 0.196 e. The summed E-state index contributed by atoms with van der Waals surface area (Å²) in [6.45, 7) is 5.71. The third-order valence-electron chi connectivity index (χ3n) is 6.26. The number of aromatic nitrogens is 1. The Hall–Kier alpha value is -3.96. The van der Waals surface area contributed by atoms with Crippen molar-refractivity contribution in [1.29, 1.82) is 0 Å². The summed E-state index contributed by atoms with van der Waals surface area (Å²) >= 11 is 6.17. The summed E-state index contributed by atoms with van der Waals surface area (Å²) in [5.74, 6) is 0.156. The molecule has 0 saturated heterocycles. The molecule has 180 valence electrons. The molecular formula is C30H24ClFN2O2. The Morgan fingerprint density at radius 2 is 1.69 bits per heavy atom. The number of nitrogens with one attached hydrogen (secondary N) is 1. The normalized spacial score (nSPS) is 12.0. The molecule has 4 nitrogen and oxygen atoms in total. The van der Waals surface area contributed by atoms with E-state index in [2.05, 4.69) is 10.3 Å². The number of anilines is 1. The average Bonchev–Trinajstić information content (AvgIpc) is 2.88. The minimum Gasteiger partial charge on any atom is -0.455 e. The molecular weight excluding hydrogens is 475 g/mol. The first-order valence-electron chi connectivity index (χ1n) is 11.6. The lowest BCUT2D eigenvalue weighted by atomic mass is 9.98. The number of halogens is 2. The SMILES string of the molecule is Cc1cc([C@@H](C)Nc2ccc(Cl)nc2-c2ccccc2F)c2oc(-c3ccccc3)c(C)c(=O)c2c1. The lowest BCUT2D eigenvalue weighted by Crippen LogP contribution is -2.13. The van der Waals surface area contributed by atoms with Gasteiger partial charge in [-0.15, -0.1) is 0 Å². The third kappa shape index (κ3) is 4.38. The molecule has 5 aromatic rings. The molecule has 0 radical (unpaired) electrons. The summed E-state index contributed by atoms with van der Waals surface area (Å²) in [7, 11) is 0. The second-order valence-corrected chi connectivity index (χ2v) is 9.25. The van der Waals surface area contributed by atoms with Crippen LogP contribution in [0.5, 0.6) is 0 Å². The molecule has 2 aromatic heterocycles. The van der Waals surface area contributed by atoms with Gasteiger partial charge in [0.15, 0.2) is 5.43 Å². The molecule has 1 N–H and O–H groups in total. The van der Waals surface area contributed by atoms with Crippen molar-refractivity contribution in [3.8, 4) is 22.6 Å². The molecule has 0 aliphatic heterocycles. The van der Waals surface area contributed by atoms with Crippen LogP contribution in [-0.2, 0) is 0 Å². The largest absolute Gasteiger partial charge is 0.455 e. The number of aryl methyl sites for hydroxylation is 1. The maximum Gasteiger partial charge on any atom is 0.196 e. The molecule has 1 atom stereocenters. The first kappa shape index (κ1) is 23.8. The fourth-order valence-electron chi connectivity index (χ4n) is 4.48. The Balaban J connectivity index is 1.65. The molecule has 0 aliphatic rings. The Morgan fingerprint density at radius 3 is 2.44 bits per heavy atom. The molecule has 0 bridgehead atoms. The number of fused-ring (bicyclic) bond motifs is 1. The van der Waals surface area contributed by atoms with Crippen LogP contribution in [0, 0.1) is 19.7 Å². The number of hydrogen-bond donors (Lipinski definition) is 1. The van der Waals surface area contributed by atoms with Crippen LogP contribution in [0.4, 0.5) is 10.1 Å². The van der Waals surface area contributed by atoms with Gasteiger partial charge >= 0.3 is 0 Å². The minimum absolute atomic E-state index is 0.0625. The predicted molar refractivity (Wildman–Crippen MR) is 144 cm³/mol. The molecule has 0 unspecified atom stereocenters. The van der Waals surface area contributed by atoms with Gasteiger partial charge in [-0.3, -0.25) is 4.79 Å². The quantitative estimate of drug-likeness (QED) is 0.249. The number of rotatable bonds is 5. The van der Waals surface area contributed by atoms with E-state index in [0.29, 0.717) is 39.2 Å². The van der Waals surface area contributed by atoms with Crippen molar-refractivity contribution >= 4 is 28.3 Å². The molecule has 0 amide bonds. The van der Waals surface area contributed by atoms with E-state index in [9.17, 15) is 9.18 Å². The topological polar surface area (TPSA) is 55.1 Å². The fraction of sp³-hybridized carbons (Fsp3) is 0.133. The molecule has 0 spiro atoms. The van der Waals surface area contributed by atoms with Crippen LogP contribution < -0.4 is 10.7 Å². The first-order valence-corrected chi connectivity index (χ1v) is 12.0. The van der Waals surface area contributed by atoms with E-state index in [0.717, 1.165) is 16.7 Å². The fourth-order valence-corrected chi connectivity index (χ4v) is 4.62. The van der Waals surface area contributed by atoms with Gasteiger partial charge in [0.25, 0.3) is 0 Å². The van der Waals surface area contributed by atoms with Gasteiger partial charge in [-0.1, -0.05) is 60.1 Å². The molecule has 6 heteroatoms. The maximum atomic E-state index is 14.6. The van der Waals surface area contributed by atoms with Crippen molar-refractivity contribution < 1.29 is 8.81 Å². The molecule has 36 heavy (non-hydrogen) atoms. The average molecular weight is 499 g/mol. The van der Waals surface area contributed by atoms with E-state index in [4.69, 9.17) is 16.0 Å². The highest BCUT2D eigenvalue weighted by Gasteiger charge is 2.20. The third-order valence-corrected chi connectivity index (χ3v) is 6.47. The van der Waals surface area contributed by atoms with Crippen molar-refractivity contribution in [2.75, 3.05) is 5.32 Å². The van der Waals surface area contributed by atoms with Crippen LogP contribution in [-0.4, -0.2) is 4.98 Å². The van der Waals surface area contributed by atoms with Crippen LogP contribution in [0.25, 0.3) is 33.6 Å². The van der Waals surface area contributed by atoms with Crippen LogP contribution in [0.2, 0.25) is 5.15 Å². The molecule has 0 fully saturated rings. The number of pyridine rings is 1. The number of nitrogens with zero attached hydrogens (tertiary/aromatic N) is 1. The van der Waals surface area contributed by atoms with Crippen molar-refractivity contribution in [2.45, 2.75) is 26.8 Å². The second-order valence-electron chi connectivity index (χ2n) is 8.86. The van der Waals surface area contributed by atoms with Gasteiger partial charge in [0, 0.05) is 22.3 Å². The Morgan fingerprint density at radius 1 is 0.972 bits per heavy atom. The lowest BCUT2D eigenvalue weighted by molar-refractivity contribution is 0.605. The van der Waals surface area contributed by atoms with Gasteiger partial charge < -0.3 is 9.73 Å². The summed E-state index contributed by atoms with van der Waals surface area (Å²) in [4.78, 5) is 17.8. The Labute approximate surface area is 213 Å². The summed E-state index contributed by atoms with van der Waals surface area (Å²) in [5.41, 5.74) is 4.98.